The van der Waals surface area contributed by atoms with Gasteiger partial charge < -0.3 is 4.57 Å². The van der Waals surface area contributed by atoms with E-state index >= 15 is 0 Å². The highest BCUT2D eigenvalue weighted by molar-refractivity contribution is 6.31. The smallest absolute Gasteiger partial charge is 0.240 e. The summed E-state index contributed by atoms with van der Waals surface area (Å²) in [4.78, 5) is 12.8. The van der Waals surface area contributed by atoms with Crippen molar-refractivity contribution in [3.8, 4) is 11.6 Å². The number of aromatic nitrogens is 5. The Kier molecular flexibility index (Phi) is 4.19. The van der Waals surface area contributed by atoms with Gasteiger partial charge in [-0.25, -0.2) is 0 Å². The standard InChI is InChI=1S/C27H15Cl2N5/c28-25-30-26(29)32-27(31-25)34-20-12-6-4-10-17(20)18-14-15-22-23(24(18)34)19-11-5-7-13-21(19)33(22)16-8-2-1-3-9-16/h1-15H. The van der Waals surface area contributed by atoms with Crippen LogP contribution in [0.15, 0.2) is 91.0 Å². The highest BCUT2D eigenvalue weighted by atomic mass is 35.5. The molecule has 4 aromatic carbocycles. The summed E-state index contributed by atoms with van der Waals surface area (Å²) >= 11 is 12.4. The number of halogens is 2. The number of para-hydroxylation sites is 3. The lowest BCUT2D eigenvalue weighted by Crippen LogP contribution is -2.03. The summed E-state index contributed by atoms with van der Waals surface area (Å²) in [6.07, 6.45) is 0. The highest BCUT2D eigenvalue weighted by Crippen LogP contribution is 2.41. The molecule has 0 bridgehead atoms. The van der Waals surface area contributed by atoms with Gasteiger partial charge in [-0.1, -0.05) is 60.7 Å². The Hall–Kier alpha value is -3.93. The second-order valence-corrected chi connectivity index (χ2v) is 8.75. The molecular weight excluding hydrogens is 465 g/mol. The third kappa shape index (κ3) is 2.71. The van der Waals surface area contributed by atoms with Crippen molar-refractivity contribution < 1.29 is 0 Å². The molecular formula is C27H15Cl2N5. The van der Waals surface area contributed by atoms with Gasteiger partial charge in [-0.15, -0.1) is 0 Å². The molecule has 0 radical (unpaired) electrons. The van der Waals surface area contributed by atoms with Crippen LogP contribution in [0.4, 0.5) is 0 Å². The van der Waals surface area contributed by atoms with Crippen molar-refractivity contribution in [2.24, 2.45) is 0 Å². The fourth-order valence-electron chi connectivity index (χ4n) is 4.99. The molecule has 0 aliphatic heterocycles. The quantitative estimate of drug-likeness (QED) is 0.260. The minimum atomic E-state index is 0.0554. The Morgan fingerprint density at radius 1 is 0.500 bits per heavy atom. The molecule has 5 nitrogen and oxygen atoms in total. The summed E-state index contributed by atoms with van der Waals surface area (Å²) in [7, 11) is 0. The predicted molar refractivity (Wildman–Crippen MR) is 139 cm³/mol. The second-order valence-electron chi connectivity index (χ2n) is 8.07. The van der Waals surface area contributed by atoms with Gasteiger partial charge in [-0.2, -0.15) is 15.0 Å². The van der Waals surface area contributed by atoms with Gasteiger partial charge in [0, 0.05) is 27.2 Å². The maximum Gasteiger partial charge on any atom is 0.240 e. The van der Waals surface area contributed by atoms with Gasteiger partial charge in [0.2, 0.25) is 16.5 Å². The zero-order valence-electron chi connectivity index (χ0n) is 17.7. The van der Waals surface area contributed by atoms with E-state index in [0.717, 1.165) is 49.3 Å². The molecule has 0 unspecified atom stereocenters. The van der Waals surface area contributed by atoms with Gasteiger partial charge in [-0.3, -0.25) is 4.57 Å². The Bertz CT molecular complexity index is 1870. The average molecular weight is 480 g/mol. The summed E-state index contributed by atoms with van der Waals surface area (Å²) in [5.74, 6) is 0.389. The molecule has 3 aromatic heterocycles. The Balaban J connectivity index is 1.76. The van der Waals surface area contributed by atoms with Crippen LogP contribution in [0.25, 0.3) is 55.2 Å². The lowest BCUT2D eigenvalue weighted by molar-refractivity contribution is 0.943. The molecule has 0 amide bonds. The van der Waals surface area contributed by atoms with Gasteiger partial charge in [0.25, 0.3) is 0 Å². The van der Waals surface area contributed by atoms with Crippen LogP contribution in [0.1, 0.15) is 0 Å². The lowest BCUT2D eigenvalue weighted by Gasteiger charge is -2.09. The van der Waals surface area contributed by atoms with E-state index in [1.807, 2.05) is 22.8 Å². The van der Waals surface area contributed by atoms with Crippen molar-refractivity contribution in [1.82, 2.24) is 24.1 Å². The van der Waals surface area contributed by atoms with Gasteiger partial charge in [0.15, 0.2) is 0 Å². The second kappa shape index (κ2) is 7.29. The summed E-state index contributed by atoms with van der Waals surface area (Å²) in [6.45, 7) is 0. The highest BCUT2D eigenvalue weighted by Gasteiger charge is 2.21. The molecule has 34 heavy (non-hydrogen) atoms. The van der Waals surface area contributed by atoms with Crippen LogP contribution in [0, 0.1) is 0 Å². The first kappa shape index (κ1) is 19.5. The van der Waals surface area contributed by atoms with Crippen molar-refractivity contribution in [3.63, 3.8) is 0 Å². The lowest BCUT2D eigenvalue weighted by atomic mass is 10.1. The third-order valence-electron chi connectivity index (χ3n) is 6.25. The average Bonchev–Trinajstić information content (AvgIpc) is 3.37. The van der Waals surface area contributed by atoms with Crippen LogP contribution in [-0.4, -0.2) is 24.1 Å². The van der Waals surface area contributed by atoms with E-state index in [2.05, 4.69) is 92.3 Å². The van der Waals surface area contributed by atoms with E-state index in [1.165, 1.54) is 0 Å². The molecule has 0 saturated heterocycles. The molecule has 7 aromatic rings. The Morgan fingerprint density at radius 3 is 1.85 bits per heavy atom. The molecule has 0 N–H and O–H groups in total. The van der Waals surface area contributed by atoms with Gasteiger partial charge in [0.05, 0.1) is 22.1 Å². The molecule has 0 aliphatic rings. The number of benzene rings is 4. The van der Waals surface area contributed by atoms with Crippen molar-refractivity contribution in [2.45, 2.75) is 0 Å². The topological polar surface area (TPSA) is 48.5 Å². The fourth-order valence-corrected chi connectivity index (χ4v) is 5.34. The molecule has 0 aliphatic carbocycles. The minimum Gasteiger partial charge on any atom is -0.309 e. The van der Waals surface area contributed by atoms with E-state index in [-0.39, 0.29) is 10.6 Å². The van der Waals surface area contributed by atoms with Crippen LogP contribution in [0.2, 0.25) is 10.6 Å². The number of rotatable bonds is 2. The summed E-state index contributed by atoms with van der Waals surface area (Å²) < 4.78 is 4.33. The van der Waals surface area contributed by atoms with Crippen LogP contribution in [-0.2, 0) is 0 Å². The first-order valence-electron chi connectivity index (χ1n) is 10.8. The number of fused-ring (bicyclic) bond motifs is 7. The van der Waals surface area contributed by atoms with Crippen molar-refractivity contribution in [1.29, 1.82) is 0 Å². The molecule has 162 valence electrons. The largest absolute Gasteiger partial charge is 0.309 e. The molecule has 0 spiro atoms. The van der Waals surface area contributed by atoms with E-state index in [9.17, 15) is 0 Å². The van der Waals surface area contributed by atoms with Gasteiger partial charge in [-0.05, 0) is 53.5 Å². The zero-order valence-corrected chi connectivity index (χ0v) is 19.2. The fraction of sp³-hybridized carbons (Fsp3) is 0. The van der Waals surface area contributed by atoms with Crippen LogP contribution < -0.4 is 0 Å². The van der Waals surface area contributed by atoms with Gasteiger partial charge in [0.1, 0.15) is 0 Å². The molecule has 0 fully saturated rings. The minimum absolute atomic E-state index is 0.0554. The van der Waals surface area contributed by atoms with Crippen molar-refractivity contribution in [3.05, 3.63) is 102 Å². The number of hydrogen-bond donors (Lipinski definition) is 0. The molecule has 0 saturated carbocycles. The first-order chi connectivity index (χ1) is 16.7. The van der Waals surface area contributed by atoms with Crippen LogP contribution in [0.5, 0.6) is 0 Å². The van der Waals surface area contributed by atoms with E-state index in [4.69, 9.17) is 23.2 Å². The Labute approximate surface area is 203 Å². The van der Waals surface area contributed by atoms with Crippen LogP contribution >= 0.6 is 23.2 Å². The molecule has 3 heterocycles. The van der Waals surface area contributed by atoms with E-state index in [1.54, 1.807) is 0 Å². The number of hydrogen-bond acceptors (Lipinski definition) is 3. The first-order valence-corrected chi connectivity index (χ1v) is 11.5. The SMILES string of the molecule is Clc1nc(Cl)nc(-n2c3ccccc3c3ccc4c(c5ccccc5n4-c4ccccc4)c32)n1. The summed E-state index contributed by atoms with van der Waals surface area (Å²) in [5.41, 5.74) is 5.29. The predicted octanol–water partition coefficient (Wildman–Crippen LogP) is 7.37. The van der Waals surface area contributed by atoms with E-state index in [0.29, 0.717) is 5.95 Å². The van der Waals surface area contributed by atoms with Gasteiger partial charge >= 0.3 is 0 Å². The maximum absolute atomic E-state index is 6.20. The summed E-state index contributed by atoms with van der Waals surface area (Å²) in [5, 5.41) is 4.57. The molecule has 7 rings (SSSR count). The normalized spacial score (nSPS) is 11.8. The van der Waals surface area contributed by atoms with Crippen LogP contribution in [0.3, 0.4) is 0 Å². The third-order valence-corrected chi connectivity index (χ3v) is 6.59. The zero-order chi connectivity index (χ0) is 22.8. The molecule has 0 atom stereocenters. The van der Waals surface area contributed by atoms with Crippen molar-refractivity contribution >= 4 is 66.8 Å². The van der Waals surface area contributed by atoms with E-state index < -0.39 is 0 Å². The maximum atomic E-state index is 6.20. The Morgan fingerprint density at radius 2 is 1.12 bits per heavy atom. The molecule has 7 heteroatoms. The summed E-state index contributed by atoms with van der Waals surface area (Å²) in [6, 6.07) is 31.4. The van der Waals surface area contributed by atoms with Crippen molar-refractivity contribution in [2.75, 3.05) is 0 Å². The monoisotopic (exact) mass is 479 g/mol. The number of nitrogens with zero attached hydrogens (tertiary/aromatic N) is 5.